The largest absolute Gasteiger partial charge is 0.277 e. The third-order valence-corrected chi connectivity index (χ3v) is 1.64. The van der Waals surface area contributed by atoms with Crippen LogP contribution in [0.25, 0.3) is 0 Å². The minimum atomic E-state index is -0.278. The van der Waals surface area contributed by atoms with Gasteiger partial charge < -0.3 is 0 Å². The first-order valence-corrected chi connectivity index (χ1v) is 5.54. The zero-order valence-corrected chi connectivity index (χ0v) is 10.6. The second-order valence-electron chi connectivity index (χ2n) is 2.29. The van der Waals surface area contributed by atoms with Gasteiger partial charge in [0.25, 0.3) is 5.91 Å². The van der Waals surface area contributed by atoms with Crippen molar-refractivity contribution in [1.29, 1.82) is 0 Å². The second-order valence-corrected chi connectivity index (χ2v) is 2.69. The minimum absolute atomic E-state index is 0.278. The monoisotopic (exact) mass is 274 g/mol. The van der Waals surface area contributed by atoms with Crippen molar-refractivity contribution in [1.82, 2.24) is 19.8 Å². The molecule has 0 saturated carbocycles. The number of hydrazine groups is 1. The SMILES string of the molecule is CC.CCc1ncc(C(=O)NNBr)cn1. The molecule has 1 rings (SSSR count). The van der Waals surface area contributed by atoms with Gasteiger partial charge in [0.2, 0.25) is 0 Å². The summed E-state index contributed by atoms with van der Waals surface area (Å²) < 4.78 is 2.35. The lowest BCUT2D eigenvalue weighted by atomic mass is 10.3. The lowest BCUT2D eigenvalue weighted by Crippen LogP contribution is -2.30. The average molecular weight is 275 g/mol. The lowest BCUT2D eigenvalue weighted by molar-refractivity contribution is 0.0947. The molecule has 1 aromatic rings. The normalized spacial score (nSPS) is 8.80. The standard InChI is InChI=1S/C7H9BrN4O.C2H6/c1-2-6-9-3-5(4-10-6)7(13)11-12-8;1-2/h3-4,12H,2H2,1H3,(H,11,13);1-2H3. The van der Waals surface area contributed by atoms with E-state index in [1.807, 2.05) is 20.8 Å². The van der Waals surface area contributed by atoms with Crippen LogP contribution in [0.3, 0.4) is 0 Å². The van der Waals surface area contributed by atoms with Gasteiger partial charge in [0.05, 0.1) is 5.56 Å². The molecule has 0 fully saturated rings. The zero-order chi connectivity index (χ0) is 11.7. The molecule has 0 aromatic carbocycles. The number of amides is 1. The van der Waals surface area contributed by atoms with Crippen molar-refractivity contribution in [3.63, 3.8) is 0 Å². The summed E-state index contributed by atoms with van der Waals surface area (Å²) in [5.41, 5.74) is 2.77. The summed E-state index contributed by atoms with van der Waals surface area (Å²) >= 11 is 2.85. The summed E-state index contributed by atoms with van der Waals surface area (Å²) in [4.78, 5) is 19.1. The van der Waals surface area contributed by atoms with Crippen LogP contribution in [0.5, 0.6) is 0 Å². The van der Waals surface area contributed by atoms with Gasteiger partial charge in [-0.3, -0.25) is 10.2 Å². The maximum absolute atomic E-state index is 11.2. The van der Waals surface area contributed by atoms with E-state index in [1.165, 1.54) is 12.4 Å². The Labute approximate surface area is 98.0 Å². The fraction of sp³-hybridized carbons (Fsp3) is 0.444. The van der Waals surface area contributed by atoms with E-state index in [9.17, 15) is 4.79 Å². The van der Waals surface area contributed by atoms with Gasteiger partial charge in [0.15, 0.2) is 0 Å². The Hall–Kier alpha value is -1.01. The number of hydrogen-bond acceptors (Lipinski definition) is 4. The first-order chi connectivity index (χ1) is 7.27. The molecular weight excluding hydrogens is 260 g/mol. The Morgan fingerprint density at radius 1 is 1.40 bits per heavy atom. The van der Waals surface area contributed by atoms with Crippen LogP contribution in [0.2, 0.25) is 0 Å². The smallest absolute Gasteiger partial charge is 0.269 e. The molecular formula is C9H15BrN4O. The van der Waals surface area contributed by atoms with Crippen molar-refractivity contribution in [3.8, 4) is 0 Å². The number of rotatable bonds is 3. The summed E-state index contributed by atoms with van der Waals surface area (Å²) in [6.45, 7) is 5.95. The summed E-state index contributed by atoms with van der Waals surface area (Å²) in [6, 6.07) is 0. The van der Waals surface area contributed by atoms with Crippen LogP contribution in [0.15, 0.2) is 12.4 Å². The molecule has 0 aliphatic carbocycles. The molecule has 0 saturated heterocycles. The van der Waals surface area contributed by atoms with E-state index in [4.69, 9.17) is 0 Å². The van der Waals surface area contributed by atoms with Crippen molar-refractivity contribution in [3.05, 3.63) is 23.8 Å². The predicted octanol–water partition coefficient (Wildman–Crippen LogP) is 1.61. The fourth-order valence-electron chi connectivity index (χ4n) is 0.770. The number of nitrogens with zero attached hydrogens (tertiary/aromatic N) is 2. The molecule has 1 amide bonds. The molecule has 0 aliphatic rings. The third-order valence-electron chi connectivity index (χ3n) is 1.44. The van der Waals surface area contributed by atoms with Gasteiger partial charge in [0.1, 0.15) is 5.82 Å². The topological polar surface area (TPSA) is 66.9 Å². The van der Waals surface area contributed by atoms with Gasteiger partial charge in [-0.1, -0.05) is 20.8 Å². The van der Waals surface area contributed by atoms with Crippen molar-refractivity contribution < 1.29 is 4.79 Å². The number of carbonyl (C=O) groups excluding carboxylic acids is 1. The highest BCUT2D eigenvalue weighted by Gasteiger charge is 2.04. The molecule has 0 atom stereocenters. The Kier molecular flexibility index (Phi) is 7.75. The van der Waals surface area contributed by atoms with Crippen molar-refractivity contribution in [2.75, 3.05) is 0 Å². The third kappa shape index (κ3) is 4.85. The van der Waals surface area contributed by atoms with Gasteiger partial charge in [-0.15, -0.1) is 0 Å². The first-order valence-electron chi connectivity index (χ1n) is 4.74. The summed E-state index contributed by atoms with van der Waals surface area (Å²) in [5, 5.41) is 0. The quantitative estimate of drug-likeness (QED) is 0.649. The molecule has 0 radical (unpaired) electrons. The molecule has 1 heterocycles. The second kappa shape index (κ2) is 8.31. The molecule has 6 heteroatoms. The molecule has 0 unspecified atom stereocenters. The number of halogens is 1. The van der Waals surface area contributed by atoms with Crippen LogP contribution in [0.1, 0.15) is 37.0 Å². The molecule has 0 spiro atoms. The van der Waals surface area contributed by atoms with Crippen molar-refractivity contribution in [2.45, 2.75) is 27.2 Å². The summed E-state index contributed by atoms with van der Waals surface area (Å²) in [7, 11) is 0. The van der Waals surface area contributed by atoms with E-state index in [-0.39, 0.29) is 5.91 Å². The predicted molar refractivity (Wildman–Crippen MR) is 62.3 cm³/mol. The van der Waals surface area contributed by atoms with Crippen LogP contribution >= 0.6 is 16.1 Å². The zero-order valence-electron chi connectivity index (χ0n) is 9.04. The van der Waals surface area contributed by atoms with Gasteiger partial charge in [-0.05, 0) is 0 Å². The van der Waals surface area contributed by atoms with Crippen LogP contribution in [0, 0.1) is 0 Å². The molecule has 84 valence electrons. The summed E-state index contributed by atoms with van der Waals surface area (Å²) in [5.74, 6) is 0.447. The Balaban J connectivity index is 0.000000921. The molecule has 1 aromatic heterocycles. The molecule has 2 N–H and O–H groups in total. The first kappa shape index (κ1) is 14.0. The fourth-order valence-corrected chi connectivity index (χ4v) is 0.950. The lowest BCUT2D eigenvalue weighted by Gasteiger charge is -2.00. The number of hydrogen-bond donors (Lipinski definition) is 2. The molecule has 15 heavy (non-hydrogen) atoms. The van der Waals surface area contributed by atoms with E-state index in [0.717, 1.165) is 12.2 Å². The van der Waals surface area contributed by atoms with Crippen LogP contribution in [0.4, 0.5) is 0 Å². The average Bonchev–Trinajstić information content (AvgIpc) is 2.32. The molecule has 0 bridgehead atoms. The highest BCUT2D eigenvalue weighted by molar-refractivity contribution is 9.08. The van der Waals surface area contributed by atoms with Gasteiger partial charge in [-0.25, -0.2) is 9.97 Å². The van der Waals surface area contributed by atoms with E-state index >= 15 is 0 Å². The number of aryl methyl sites for hydroxylation is 1. The Morgan fingerprint density at radius 2 is 1.93 bits per heavy atom. The highest BCUT2D eigenvalue weighted by atomic mass is 79.9. The Morgan fingerprint density at radius 3 is 2.33 bits per heavy atom. The van der Waals surface area contributed by atoms with E-state index in [2.05, 4.69) is 36.0 Å². The Bertz CT molecular complexity index is 289. The van der Waals surface area contributed by atoms with Crippen molar-refractivity contribution in [2.24, 2.45) is 0 Å². The van der Waals surface area contributed by atoms with E-state index in [1.54, 1.807) is 0 Å². The molecule has 5 nitrogen and oxygen atoms in total. The number of carbonyl (C=O) groups is 1. The van der Waals surface area contributed by atoms with Gasteiger partial charge in [0, 0.05) is 35.0 Å². The van der Waals surface area contributed by atoms with E-state index < -0.39 is 0 Å². The van der Waals surface area contributed by atoms with Gasteiger partial charge >= 0.3 is 0 Å². The van der Waals surface area contributed by atoms with Gasteiger partial charge in [-0.2, -0.15) is 4.45 Å². The molecule has 0 aliphatic heterocycles. The van der Waals surface area contributed by atoms with Crippen molar-refractivity contribution >= 4 is 22.1 Å². The maximum atomic E-state index is 11.2. The maximum Gasteiger partial charge on any atom is 0.269 e. The number of aromatic nitrogens is 2. The van der Waals surface area contributed by atoms with Crippen LogP contribution in [-0.2, 0) is 6.42 Å². The summed E-state index contributed by atoms with van der Waals surface area (Å²) in [6.07, 6.45) is 3.75. The van der Waals surface area contributed by atoms with E-state index in [0.29, 0.717) is 5.56 Å². The minimum Gasteiger partial charge on any atom is -0.277 e. The van der Waals surface area contributed by atoms with Crippen LogP contribution < -0.4 is 9.88 Å². The van der Waals surface area contributed by atoms with Crippen LogP contribution in [-0.4, -0.2) is 15.9 Å². The number of nitrogens with one attached hydrogen (secondary N) is 2. The highest BCUT2D eigenvalue weighted by Crippen LogP contribution is 1.96.